The number of piperidine rings is 1. The molecule has 20 heavy (non-hydrogen) atoms. The predicted molar refractivity (Wildman–Crippen MR) is 79.7 cm³/mol. The third-order valence-corrected chi connectivity index (χ3v) is 5.00. The van der Waals surface area contributed by atoms with Crippen molar-refractivity contribution in [3.63, 3.8) is 0 Å². The molecular weight excluding hydrogens is 252 g/mol. The van der Waals surface area contributed by atoms with Gasteiger partial charge in [0.25, 0.3) is 0 Å². The summed E-state index contributed by atoms with van der Waals surface area (Å²) in [6.07, 6.45) is 8.34. The van der Waals surface area contributed by atoms with Crippen LogP contribution >= 0.6 is 0 Å². The predicted octanol–water partition coefficient (Wildman–Crippen LogP) is 2.15. The van der Waals surface area contributed by atoms with Gasteiger partial charge in [-0.15, -0.1) is 0 Å². The second-order valence-corrected chi connectivity index (χ2v) is 6.24. The Morgan fingerprint density at radius 3 is 2.95 bits per heavy atom. The highest BCUT2D eigenvalue weighted by molar-refractivity contribution is 5.44. The number of nitrogens with two attached hydrogens (primary N) is 1. The average Bonchev–Trinajstić information content (AvgIpc) is 2.84. The van der Waals surface area contributed by atoms with Crippen molar-refractivity contribution in [2.75, 3.05) is 30.8 Å². The molecule has 2 atom stereocenters. The minimum absolute atomic E-state index is 0.288. The van der Waals surface area contributed by atoms with Gasteiger partial charge in [-0.25, -0.2) is 4.98 Å². The van der Waals surface area contributed by atoms with Crippen LogP contribution in [0.25, 0.3) is 0 Å². The minimum Gasteiger partial charge on any atom is -0.383 e. The summed E-state index contributed by atoms with van der Waals surface area (Å²) in [5.41, 5.74) is 7.15. The molecule has 5 heteroatoms. The first-order valence-corrected chi connectivity index (χ1v) is 7.51. The second-order valence-electron chi connectivity index (χ2n) is 6.24. The zero-order chi connectivity index (χ0) is 14.2. The number of hydrogen-bond acceptors (Lipinski definition) is 5. The van der Waals surface area contributed by atoms with Gasteiger partial charge in [0.05, 0.1) is 6.10 Å². The lowest BCUT2D eigenvalue weighted by atomic mass is 9.76. The average molecular weight is 276 g/mol. The lowest BCUT2D eigenvalue weighted by molar-refractivity contribution is 0.00204. The zero-order valence-electron chi connectivity index (χ0n) is 12.4. The van der Waals surface area contributed by atoms with Crippen molar-refractivity contribution in [3.05, 3.63) is 11.8 Å². The highest BCUT2D eigenvalue weighted by atomic mass is 16.5. The van der Waals surface area contributed by atoms with Gasteiger partial charge in [0.1, 0.15) is 5.82 Å². The normalized spacial score (nSPS) is 30.1. The Labute approximate surface area is 120 Å². The number of anilines is 2. The molecule has 1 saturated heterocycles. The third kappa shape index (κ3) is 2.24. The molecular formula is C15H24N4O. The molecule has 0 radical (unpaired) electrons. The van der Waals surface area contributed by atoms with Gasteiger partial charge in [0, 0.05) is 37.4 Å². The summed E-state index contributed by atoms with van der Waals surface area (Å²) in [7, 11) is 1.84. The Kier molecular flexibility index (Phi) is 3.54. The second kappa shape index (κ2) is 5.20. The maximum Gasteiger partial charge on any atom is 0.227 e. The van der Waals surface area contributed by atoms with Gasteiger partial charge < -0.3 is 15.4 Å². The molecule has 2 fully saturated rings. The Morgan fingerprint density at radius 1 is 1.40 bits per heavy atom. The summed E-state index contributed by atoms with van der Waals surface area (Å²) in [5.74, 6) is 1.36. The van der Waals surface area contributed by atoms with Crippen molar-refractivity contribution in [2.24, 2.45) is 5.41 Å². The fraction of sp³-hybridized carbons (Fsp3) is 0.733. The monoisotopic (exact) mass is 276 g/mol. The summed E-state index contributed by atoms with van der Waals surface area (Å²) < 4.78 is 5.74. The highest BCUT2D eigenvalue weighted by Gasteiger charge is 2.46. The number of nitrogen functional groups attached to an aromatic ring is 1. The number of rotatable bonds is 2. The Balaban J connectivity index is 1.82. The van der Waals surface area contributed by atoms with E-state index >= 15 is 0 Å². The van der Waals surface area contributed by atoms with Crippen LogP contribution in [0.3, 0.4) is 0 Å². The van der Waals surface area contributed by atoms with Crippen molar-refractivity contribution in [2.45, 2.75) is 45.1 Å². The summed E-state index contributed by atoms with van der Waals surface area (Å²) in [6.45, 7) is 3.95. The molecule has 3 rings (SSSR count). The Hall–Kier alpha value is -1.36. The zero-order valence-corrected chi connectivity index (χ0v) is 12.4. The van der Waals surface area contributed by atoms with E-state index in [0.29, 0.717) is 11.9 Å². The SMILES string of the molecule is CO[C@@H]1CCC[C@]12CCCN(c1ncc(C)c(N)n1)C2. The van der Waals surface area contributed by atoms with E-state index in [1.165, 1.54) is 32.1 Å². The number of aromatic nitrogens is 2. The number of aryl methyl sites for hydroxylation is 1. The highest BCUT2D eigenvalue weighted by Crippen LogP contribution is 2.46. The van der Waals surface area contributed by atoms with Gasteiger partial charge in [0.15, 0.2) is 0 Å². The maximum atomic E-state index is 5.92. The van der Waals surface area contributed by atoms with Crippen molar-refractivity contribution in [3.8, 4) is 0 Å². The number of methoxy groups -OCH3 is 1. The Morgan fingerprint density at radius 2 is 2.20 bits per heavy atom. The van der Waals surface area contributed by atoms with Gasteiger partial charge in [-0.1, -0.05) is 6.42 Å². The summed E-state index contributed by atoms with van der Waals surface area (Å²) in [4.78, 5) is 11.2. The molecule has 1 aliphatic heterocycles. The fourth-order valence-electron chi connectivity index (χ4n) is 3.87. The van der Waals surface area contributed by atoms with Crippen LogP contribution in [0, 0.1) is 12.3 Å². The molecule has 1 aliphatic carbocycles. The van der Waals surface area contributed by atoms with Gasteiger partial charge in [-0.05, 0) is 32.6 Å². The molecule has 1 spiro atoms. The molecule has 1 aromatic heterocycles. The molecule has 0 unspecified atom stereocenters. The molecule has 2 aliphatic rings. The van der Waals surface area contributed by atoms with E-state index in [0.717, 1.165) is 24.6 Å². The largest absolute Gasteiger partial charge is 0.383 e. The number of hydrogen-bond donors (Lipinski definition) is 1. The minimum atomic E-state index is 0.288. The number of nitrogens with zero attached hydrogens (tertiary/aromatic N) is 3. The van der Waals surface area contributed by atoms with Crippen LogP contribution in [0.15, 0.2) is 6.20 Å². The smallest absolute Gasteiger partial charge is 0.227 e. The van der Waals surface area contributed by atoms with Gasteiger partial charge in [-0.2, -0.15) is 4.98 Å². The van der Waals surface area contributed by atoms with E-state index in [9.17, 15) is 0 Å². The van der Waals surface area contributed by atoms with Crippen LogP contribution in [0.4, 0.5) is 11.8 Å². The van der Waals surface area contributed by atoms with E-state index in [1.807, 2.05) is 20.2 Å². The van der Waals surface area contributed by atoms with Crippen molar-refractivity contribution in [1.82, 2.24) is 9.97 Å². The quantitative estimate of drug-likeness (QED) is 0.896. The first-order valence-electron chi connectivity index (χ1n) is 7.51. The first kappa shape index (κ1) is 13.6. The van der Waals surface area contributed by atoms with Crippen LogP contribution in [0.5, 0.6) is 0 Å². The van der Waals surface area contributed by atoms with Crippen LogP contribution in [-0.2, 0) is 4.74 Å². The van der Waals surface area contributed by atoms with Crippen LogP contribution in [0.2, 0.25) is 0 Å². The molecule has 110 valence electrons. The topological polar surface area (TPSA) is 64.3 Å². The maximum absolute atomic E-state index is 5.92. The standard InChI is InChI=1S/C15H24N4O/c1-11-9-17-14(18-13(11)16)19-8-4-7-15(10-19)6-3-5-12(15)20-2/h9,12H,3-8,10H2,1-2H3,(H2,16,17,18)/t12-,15-/m1/s1. The number of ether oxygens (including phenoxy) is 1. The molecule has 5 nitrogen and oxygen atoms in total. The van der Waals surface area contributed by atoms with Gasteiger partial charge >= 0.3 is 0 Å². The van der Waals surface area contributed by atoms with E-state index in [2.05, 4.69) is 14.9 Å². The lowest BCUT2D eigenvalue weighted by Crippen LogP contribution is -2.48. The van der Waals surface area contributed by atoms with Crippen molar-refractivity contribution in [1.29, 1.82) is 0 Å². The van der Waals surface area contributed by atoms with Crippen molar-refractivity contribution >= 4 is 11.8 Å². The van der Waals surface area contributed by atoms with Gasteiger partial charge in [-0.3, -0.25) is 0 Å². The molecule has 0 amide bonds. The molecule has 2 N–H and O–H groups in total. The third-order valence-electron chi connectivity index (χ3n) is 5.00. The lowest BCUT2D eigenvalue weighted by Gasteiger charge is -2.43. The van der Waals surface area contributed by atoms with E-state index in [4.69, 9.17) is 10.5 Å². The van der Waals surface area contributed by atoms with Crippen molar-refractivity contribution < 1.29 is 4.74 Å². The van der Waals surface area contributed by atoms with E-state index in [1.54, 1.807) is 0 Å². The molecule has 0 aromatic carbocycles. The summed E-state index contributed by atoms with van der Waals surface area (Å²) in [6, 6.07) is 0. The van der Waals surface area contributed by atoms with E-state index < -0.39 is 0 Å². The fourth-order valence-corrected chi connectivity index (χ4v) is 3.87. The molecule has 1 saturated carbocycles. The van der Waals surface area contributed by atoms with Crippen LogP contribution in [0.1, 0.15) is 37.7 Å². The van der Waals surface area contributed by atoms with Crippen LogP contribution in [-0.4, -0.2) is 36.3 Å². The molecule has 2 heterocycles. The Bertz CT molecular complexity index is 493. The molecule has 0 bridgehead atoms. The molecule has 1 aromatic rings. The van der Waals surface area contributed by atoms with Gasteiger partial charge in [0.2, 0.25) is 5.95 Å². The summed E-state index contributed by atoms with van der Waals surface area (Å²) >= 11 is 0. The first-order chi connectivity index (χ1) is 9.64. The summed E-state index contributed by atoms with van der Waals surface area (Å²) in [5, 5.41) is 0. The van der Waals surface area contributed by atoms with E-state index in [-0.39, 0.29) is 5.41 Å². The van der Waals surface area contributed by atoms with Crippen LogP contribution < -0.4 is 10.6 Å².